The fourth-order valence-electron chi connectivity index (χ4n) is 5.92. The minimum absolute atomic E-state index is 0.0403. The highest BCUT2D eigenvalue weighted by molar-refractivity contribution is 5.96. The Hall–Kier alpha value is -4.57. The number of benzene rings is 2. The molecule has 10 nitrogen and oxygen atoms in total. The van der Waals surface area contributed by atoms with Gasteiger partial charge in [0.15, 0.2) is 0 Å². The second-order valence-electron chi connectivity index (χ2n) is 12.0. The number of hydrogen-bond acceptors (Lipinski definition) is 8. The van der Waals surface area contributed by atoms with E-state index in [-0.39, 0.29) is 18.2 Å². The average Bonchev–Trinajstić information content (AvgIpc) is 3.52. The van der Waals surface area contributed by atoms with E-state index in [9.17, 15) is 9.59 Å². The van der Waals surface area contributed by atoms with Crippen LogP contribution in [0.4, 0.5) is 5.69 Å². The van der Waals surface area contributed by atoms with Crippen molar-refractivity contribution in [2.45, 2.75) is 65.5 Å². The number of para-hydroxylation sites is 1. The summed E-state index contributed by atoms with van der Waals surface area (Å²) in [6, 6.07) is 19.6. The van der Waals surface area contributed by atoms with Crippen LogP contribution in [0.15, 0.2) is 71.4 Å². The molecule has 3 heterocycles. The molecule has 0 spiro atoms. The summed E-state index contributed by atoms with van der Waals surface area (Å²) in [5.74, 6) is 1.80. The number of carbonyl (C=O) groups excluding carboxylic acids is 2. The van der Waals surface area contributed by atoms with E-state index in [2.05, 4.69) is 33.9 Å². The number of methoxy groups -OCH3 is 1. The Morgan fingerprint density at radius 2 is 1.78 bits per heavy atom. The quantitative estimate of drug-likeness (QED) is 0.241. The third-order valence-electron chi connectivity index (χ3n) is 8.48. The fraction of sp³-hybridized carbons (Fsp3) is 0.417. The van der Waals surface area contributed by atoms with Crippen LogP contribution in [0.2, 0.25) is 0 Å². The van der Waals surface area contributed by atoms with Crippen molar-refractivity contribution in [2.75, 3.05) is 38.2 Å². The number of pyridine rings is 1. The first-order valence-electron chi connectivity index (χ1n) is 16.1. The van der Waals surface area contributed by atoms with Crippen LogP contribution in [-0.2, 0) is 29.0 Å². The summed E-state index contributed by atoms with van der Waals surface area (Å²) in [7, 11) is 1.63. The highest BCUT2D eigenvalue weighted by atomic mass is 16.5. The molecule has 2 amide bonds. The molecule has 4 aromatic rings. The van der Waals surface area contributed by atoms with Crippen molar-refractivity contribution in [1.82, 2.24) is 24.9 Å². The van der Waals surface area contributed by atoms with Crippen molar-refractivity contribution in [3.8, 4) is 17.3 Å². The number of aromatic nitrogens is 3. The Morgan fingerprint density at radius 1 is 0.957 bits per heavy atom. The fourth-order valence-corrected chi connectivity index (χ4v) is 5.92. The maximum Gasteiger partial charge on any atom is 0.231 e. The summed E-state index contributed by atoms with van der Waals surface area (Å²) in [6.45, 7) is 9.65. The molecule has 0 unspecified atom stereocenters. The van der Waals surface area contributed by atoms with E-state index in [4.69, 9.17) is 9.26 Å². The van der Waals surface area contributed by atoms with E-state index in [0.29, 0.717) is 62.3 Å². The van der Waals surface area contributed by atoms with Gasteiger partial charge in [-0.2, -0.15) is 4.98 Å². The largest absolute Gasteiger partial charge is 0.497 e. The monoisotopic (exact) mass is 624 g/mol. The van der Waals surface area contributed by atoms with Gasteiger partial charge < -0.3 is 19.1 Å². The molecular formula is C36H44N6O4. The number of anilines is 1. The van der Waals surface area contributed by atoms with Crippen LogP contribution in [0.1, 0.15) is 55.7 Å². The second kappa shape index (κ2) is 15.6. The number of aryl methyl sites for hydroxylation is 2. The maximum absolute atomic E-state index is 14.0. The van der Waals surface area contributed by atoms with Crippen LogP contribution >= 0.6 is 0 Å². The number of rotatable bonds is 9. The molecule has 242 valence electrons. The number of ether oxygens (including phenoxy) is 1. The van der Waals surface area contributed by atoms with Crippen LogP contribution in [0.5, 0.6) is 5.75 Å². The standard InChI is InChI=1S/C36H44N6O4/c1-26(2)40-20-9-21-42(34(44)24-28-15-17-30(45-4)18-16-28)35-27(3)10-7-11-29(35)25-41(23-22-40)33(43)14-8-13-32-38-36(39-46-32)31-12-5-6-19-37-31/h5-7,10-12,15-19,26H,8-9,13-14,20-25H2,1-4H3. The average molecular weight is 625 g/mol. The molecule has 1 aliphatic heterocycles. The van der Waals surface area contributed by atoms with Crippen LogP contribution < -0.4 is 9.64 Å². The van der Waals surface area contributed by atoms with Gasteiger partial charge in [-0.1, -0.05) is 41.6 Å². The maximum atomic E-state index is 14.0. The summed E-state index contributed by atoms with van der Waals surface area (Å²) in [5, 5.41) is 4.05. The Morgan fingerprint density at radius 3 is 2.52 bits per heavy atom. The van der Waals surface area contributed by atoms with E-state index in [1.165, 1.54) is 0 Å². The SMILES string of the molecule is COc1ccc(CC(=O)N2CCCN(C(C)C)CCN(C(=O)CCCc3nc(-c4ccccn4)no3)Cc3cccc(C)c32)cc1. The predicted molar refractivity (Wildman–Crippen MR) is 177 cm³/mol. The Labute approximate surface area is 271 Å². The zero-order valence-corrected chi connectivity index (χ0v) is 27.3. The summed E-state index contributed by atoms with van der Waals surface area (Å²) in [5.41, 5.74) is 4.49. The molecule has 5 rings (SSSR count). The van der Waals surface area contributed by atoms with Gasteiger partial charge in [0.1, 0.15) is 11.4 Å². The van der Waals surface area contributed by atoms with Gasteiger partial charge in [-0.15, -0.1) is 0 Å². The number of nitrogens with zero attached hydrogens (tertiary/aromatic N) is 6. The molecule has 0 aliphatic carbocycles. The van der Waals surface area contributed by atoms with Gasteiger partial charge in [-0.25, -0.2) is 0 Å². The molecule has 0 saturated heterocycles. The molecule has 2 aromatic carbocycles. The Kier molecular flexibility index (Phi) is 11.1. The summed E-state index contributed by atoms with van der Waals surface area (Å²) in [4.78, 5) is 42.8. The normalized spacial score (nSPS) is 14.5. The van der Waals surface area contributed by atoms with Crippen LogP contribution in [0, 0.1) is 6.92 Å². The van der Waals surface area contributed by atoms with Gasteiger partial charge in [0.2, 0.25) is 23.5 Å². The van der Waals surface area contributed by atoms with E-state index in [1.807, 2.05) is 77.4 Å². The summed E-state index contributed by atoms with van der Waals surface area (Å²) in [6.07, 6.45) is 4.24. The molecule has 0 atom stereocenters. The molecule has 0 fully saturated rings. The topological polar surface area (TPSA) is 105 Å². The van der Waals surface area contributed by atoms with E-state index >= 15 is 0 Å². The molecule has 10 heteroatoms. The summed E-state index contributed by atoms with van der Waals surface area (Å²) >= 11 is 0. The number of hydrogen-bond donors (Lipinski definition) is 0. The van der Waals surface area contributed by atoms with Gasteiger partial charge >= 0.3 is 0 Å². The Bertz CT molecular complexity index is 1590. The molecule has 1 aliphatic rings. The van der Waals surface area contributed by atoms with E-state index in [0.717, 1.165) is 47.6 Å². The zero-order chi connectivity index (χ0) is 32.5. The van der Waals surface area contributed by atoms with Gasteiger partial charge in [-0.3, -0.25) is 19.5 Å². The zero-order valence-electron chi connectivity index (χ0n) is 27.3. The third-order valence-corrected chi connectivity index (χ3v) is 8.48. The highest BCUT2D eigenvalue weighted by Gasteiger charge is 2.26. The molecule has 0 N–H and O–H groups in total. The first kappa shape index (κ1) is 32.8. The lowest BCUT2D eigenvalue weighted by Gasteiger charge is -2.30. The first-order valence-corrected chi connectivity index (χ1v) is 16.1. The van der Waals surface area contributed by atoms with E-state index < -0.39 is 0 Å². The smallest absolute Gasteiger partial charge is 0.231 e. The summed E-state index contributed by atoms with van der Waals surface area (Å²) < 4.78 is 10.7. The van der Waals surface area contributed by atoms with Crippen LogP contribution in [0.3, 0.4) is 0 Å². The lowest BCUT2D eigenvalue weighted by molar-refractivity contribution is -0.132. The molecule has 2 aromatic heterocycles. The molecule has 46 heavy (non-hydrogen) atoms. The van der Waals surface area contributed by atoms with Crippen molar-refractivity contribution in [3.63, 3.8) is 0 Å². The van der Waals surface area contributed by atoms with Crippen molar-refractivity contribution in [3.05, 3.63) is 89.4 Å². The number of amides is 2. The number of carbonyl (C=O) groups is 2. The lowest BCUT2D eigenvalue weighted by atomic mass is 10.0. The van der Waals surface area contributed by atoms with Crippen LogP contribution in [-0.4, -0.2) is 76.1 Å². The van der Waals surface area contributed by atoms with Crippen LogP contribution in [0.25, 0.3) is 11.5 Å². The first-order chi connectivity index (χ1) is 22.3. The molecule has 0 bridgehead atoms. The Balaban J connectivity index is 1.34. The highest BCUT2D eigenvalue weighted by Crippen LogP contribution is 2.29. The lowest BCUT2D eigenvalue weighted by Crippen LogP contribution is -2.41. The number of fused-ring (bicyclic) bond motifs is 1. The van der Waals surface area contributed by atoms with E-state index in [1.54, 1.807) is 13.3 Å². The minimum Gasteiger partial charge on any atom is -0.497 e. The van der Waals surface area contributed by atoms with Gasteiger partial charge in [-0.05, 0) is 74.6 Å². The van der Waals surface area contributed by atoms with Crippen molar-refractivity contribution < 1.29 is 18.8 Å². The van der Waals surface area contributed by atoms with Gasteiger partial charge in [0.25, 0.3) is 0 Å². The van der Waals surface area contributed by atoms with Gasteiger partial charge in [0, 0.05) is 57.8 Å². The second-order valence-corrected chi connectivity index (χ2v) is 12.0. The minimum atomic E-state index is 0.0403. The predicted octanol–water partition coefficient (Wildman–Crippen LogP) is 5.49. The molecular weight excluding hydrogens is 580 g/mol. The van der Waals surface area contributed by atoms with Gasteiger partial charge in [0.05, 0.1) is 19.2 Å². The third kappa shape index (κ3) is 8.37. The van der Waals surface area contributed by atoms with Crippen molar-refractivity contribution in [2.24, 2.45) is 0 Å². The van der Waals surface area contributed by atoms with Crippen molar-refractivity contribution in [1.29, 1.82) is 0 Å². The molecule has 0 radical (unpaired) electrons. The van der Waals surface area contributed by atoms with Crippen molar-refractivity contribution >= 4 is 17.5 Å². The molecule has 0 saturated carbocycles.